The van der Waals surface area contributed by atoms with Gasteiger partial charge in [0.15, 0.2) is 0 Å². The molecule has 0 fully saturated rings. The number of aromatic nitrogens is 1. The molecule has 0 radical (unpaired) electrons. The highest BCUT2D eigenvalue weighted by molar-refractivity contribution is 7.98. The fraction of sp³-hybridized carbons (Fsp3) is 0.312. The summed E-state index contributed by atoms with van der Waals surface area (Å²) in [5.74, 6) is 0.978. The molecule has 0 saturated heterocycles. The van der Waals surface area contributed by atoms with Crippen LogP contribution in [0.25, 0.3) is 0 Å². The highest BCUT2D eigenvalue weighted by atomic mass is 32.2. The molecule has 0 atom stereocenters. The molecule has 0 aliphatic rings. The molecule has 1 N–H and O–H groups in total. The molecular weight excluding hydrogens is 252 g/mol. The summed E-state index contributed by atoms with van der Waals surface area (Å²) in [5, 5.41) is 4.39. The van der Waals surface area contributed by atoms with Gasteiger partial charge < -0.3 is 5.32 Å². The van der Waals surface area contributed by atoms with E-state index >= 15 is 0 Å². The maximum Gasteiger partial charge on any atom is 0.0963 e. The predicted octanol–water partition coefficient (Wildman–Crippen LogP) is 3.79. The highest BCUT2D eigenvalue weighted by Gasteiger charge is 2.00. The Balaban J connectivity index is 1.91. The minimum absolute atomic E-state index is 0.895. The van der Waals surface area contributed by atoms with E-state index in [1.54, 1.807) is 11.8 Å². The van der Waals surface area contributed by atoms with Crippen LogP contribution < -0.4 is 5.32 Å². The smallest absolute Gasteiger partial charge is 0.0963 e. The summed E-state index contributed by atoms with van der Waals surface area (Å²) in [6.07, 6.45) is 1.96. The Bertz CT molecular complexity index is 508. The van der Waals surface area contributed by atoms with Crippen molar-refractivity contribution in [3.8, 4) is 0 Å². The molecule has 0 saturated carbocycles. The van der Waals surface area contributed by atoms with Gasteiger partial charge in [-0.3, -0.25) is 0 Å². The summed E-state index contributed by atoms with van der Waals surface area (Å²) in [4.78, 5) is 4.50. The monoisotopic (exact) mass is 272 g/mol. The Kier molecular flexibility index (Phi) is 5.43. The standard InChI is InChI=1S/C16H20N2S/c1-3-17-10-14-8-9-16(18-11-14)19-12-15-7-5-4-6-13(15)2/h4-9,11,17H,3,10,12H2,1-2H3. The first-order chi connectivity index (χ1) is 9.29. The van der Waals surface area contributed by atoms with E-state index in [-0.39, 0.29) is 0 Å². The normalized spacial score (nSPS) is 10.6. The van der Waals surface area contributed by atoms with Gasteiger partial charge >= 0.3 is 0 Å². The Morgan fingerprint density at radius 1 is 1.16 bits per heavy atom. The molecule has 19 heavy (non-hydrogen) atoms. The molecule has 0 aliphatic carbocycles. The summed E-state index contributed by atoms with van der Waals surface area (Å²) in [7, 11) is 0. The first-order valence-corrected chi connectivity index (χ1v) is 7.61. The van der Waals surface area contributed by atoms with Crippen molar-refractivity contribution in [1.29, 1.82) is 0 Å². The van der Waals surface area contributed by atoms with Gasteiger partial charge in [-0.1, -0.05) is 37.3 Å². The Morgan fingerprint density at radius 2 is 2.00 bits per heavy atom. The summed E-state index contributed by atoms with van der Waals surface area (Å²) in [6.45, 7) is 6.15. The molecule has 100 valence electrons. The number of benzene rings is 1. The van der Waals surface area contributed by atoms with Crippen LogP contribution in [0.4, 0.5) is 0 Å². The van der Waals surface area contributed by atoms with Gasteiger partial charge in [0.05, 0.1) is 5.03 Å². The average molecular weight is 272 g/mol. The van der Waals surface area contributed by atoms with E-state index in [9.17, 15) is 0 Å². The fourth-order valence-corrected chi connectivity index (χ4v) is 2.71. The van der Waals surface area contributed by atoms with Crippen molar-refractivity contribution in [1.82, 2.24) is 10.3 Å². The maximum absolute atomic E-state index is 4.50. The third-order valence-electron chi connectivity index (χ3n) is 3.01. The maximum atomic E-state index is 4.50. The minimum atomic E-state index is 0.895. The molecule has 1 aromatic carbocycles. The van der Waals surface area contributed by atoms with Crippen molar-refractivity contribution < 1.29 is 0 Å². The zero-order valence-corrected chi connectivity index (χ0v) is 12.3. The van der Waals surface area contributed by atoms with Crippen LogP contribution >= 0.6 is 11.8 Å². The molecule has 0 spiro atoms. The molecule has 0 aliphatic heterocycles. The van der Waals surface area contributed by atoms with Crippen molar-refractivity contribution in [3.63, 3.8) is 0 Å². The van der Waals surface area contributed by atoms with Gasteiger partial charge in [-0.25, -0.2) is 4.98 Å². The lowest BCUT2D eigenvalue weighted by atomic mass is 10.1. The Labute approximate surface area is 119 Å². The molecule has 0 bridgehead atoms. The van der Waals surface area contributed by atoms with Gasteiger partial charge in [0.2, 0.25) is 0 Å². The van der Waals surface area contributed by atoms with Crippen molar-refractivity contribution in [2.75, 3.05) is 6.54 Å². The molecule has 2 nitrogen and oxygen atoms in total. The molecular formula is C16H20N2S. The summed E-state index contributed by atoms with van der Waals surface area (Å²) in [6, 6.07) is 12.8. The van der Waals surface area contributed by atoms with E-state index in [1.807, 2.05) is 6.20 Å². The van der Waals surface area contributed by atoms with E-state index in [0.29, 0.717) is 0 Å². The molecule has 0 amide bonds. The lowest BCUT2D eigenvalue weighted by molar-refractivity contribution is 0.723. The van der Waals surface area contributed by atoms with Gasteiger partial charge in [0.25, 0.3) is 0 Å². The molecule has 0 unspecified atom stereocenters. The minimum Gasteiger partial charge on any atom is -0.313 e. The lowest BCUT2D eigenvalue weighted by Gasteiger charge is -2.06. The zero-order chi connectivity index (χ0) is 13.5. The van der Waals surface area contributed by atoms with Crippen LogP contribution in [-0.2, 0) is 12.3 Å². The lowest BCUT2D eigenvalue weighted by Crippen LogP contribution is -2.11. The number of hydrogen-bond donors (Lipinski definition) is 1. The van der Waals surface area contributed by atoms with Gasteiger partial charge in [0.1, 0.15) is 0 Å². The molecule has 2 rings (SSSR count). The first-order valence-electron chi connectivity index (χ1n) is 6.62. The summed E-state index contributed by atoms with van der Waals surface area (Å²) >= 11 is 1.79. The van der Waals surface area contributed by atoms with Crippen LogP contribution in [0.3, 0.4) is 0 Å². The number of aryl methyl sites for hydroxylation is 1. The van der Waals surface area contributed by atoms with Crippen LogP contribution in [-0.4, -0.2) is 11.5 Å². The largest absolute Gasteiger partial charge is 0.313 e. The van der Waals surface area contributed by atoms with E-state index in [0.717, 1.165) is 23.9 Å². The summed E-state index contributed by atoms with van der Waals surface area (Å²) < 4.78 is 0. The van der Waals surface area contributed by atoms with Crippen molar-refractivity contribution in [2.45, 2.75) is 31.2 Å². The van der Waals surface area contributed by atoms with Crippen LogP contribution in [0.15, 0.2) is 47.6 Å². The number of nitrogens with one attached hydrogen (secondary N) is 1. The number of hydrogen-bond acceptors (Lipinski definition) is 3. The Morgan fingerprint density at radius 3 is 2.68 bits per heavy atom. The van der Waals surface area contributed by atoms with Crippen molar-refractivity contribution in [2.24, 2.45) is 0 Å². The second-order valence-electron chi connectivity index (χ2n) is 4.50. The van der Waals surface area contributed by atoms with Gasteiger partial charge in [-0.2, -0.15) is 0 Å². The van der Waals surface area contributed by atoms with Gasteiger partial charge in [0, 0.05) is 18.5 Å². The van der Waals surface area contributed by atoms with Crippen molar-refractivity contribution in [3.05, 3.63) is 59.3 Å². The third-order valence-corrected chi connectivity index (χ3v) is 4.01. The van der Waals surface area contributed by atoms with E-state index < -0.39 is 0 Å². The summed E-state index contributed by atoms with van der Waals surface area (Å²) in [5.41, 5.74) is 3.96. The van der Waals surface area contributed by atoms with Gasteiger partial charge in [-0.05, 0) is 36.2 Å². The predicted molar refractivity (Wildman–Crippen MR) is 82.4 cm³/mol. The second-order valence-corrected chi connectivity index (χ2v) is 5.50. The van der Waals surface area contributed by atoms with E-state index in [2.05, 4.69) is 60.5 Å². The van der Waals surface area contributed by atoms with Crippen LogP contribution in [0.1, 0.15) is 23.6 Å². The van der Waals surface area contributed by atoms with Crippen LogP contribution in [0.2, 0.25) is 0 Å². The fourth-order valence-electron chi connectivity index (χ4n) is 1.79. The van der Waals surface area contributed by atoms with E-state index in [4.69, 9.17) is 0 Å². The number of nitrogens with zero attached hydrogens (tertiary/aromatic N) is 1. The first kappa shape index (κ1) is 14.1. The topological polar surface area (TPSA) is 24.9 Å². The second kappa shape index (κ2) is 7.31. The quantitative estimate of drug-likeness (QED) is 0.810. The van der Waals surface area contributed by atoms with E-state index in [1.165, 1.54) is 16.7 Å². The highest BCUT2D eigenvalue weighted by Crippen LogP contribution is 2.22. The number of rotatable bonds is 6. The van der Waals surface area contributed by atoms with Crippen LogP contribution in [0, 0.1) is 6.92 Å². The number of pyridine rings is 1. The SMILES string of the molecule is CCNCc1ccc(SCc2ccccc2C)nc1. The third kappa shape index (κ3) is 4.37. The molecule has 3 heteroatoms. The number of thioether (sulfide) groups is 1. The zero-order valence-electron chi connectivity index (χ0n) is 11.5. The average Bonchev–Trinajstić information content (AvgIpc) is 2.45. The van der Waals surface area contributed by atoms with Gasteiger partial charge in [-0.15, -0.1) is 11.8 Å². The molecule has 1 heterocycles. The van der Waals surface area contributed by atoms with Crippen LogP contribution in [0.5, 0.6) is 0 Å². The molecule has 1 aromatic heterocycles. The Hall–Kier alpha value is -1.32. The van der Waals surface area contributed by atoms with Crippen molar-refractivity contribution >= 4 is 11.8 Å². The molecule has 2 aromatic rings.